The summed E-state index contributed by atoms with van der Waals surface area (Å²) in [5.74, 6) is 0.356. The SMILES string of the molecule is FC(F)(F)c1cc(Br)ccc1-n1nnnc1CNC1CC1. The zero-order valence-corrected chi connectivity index (χ0v) is 12.3. The standard InChI is InChI=1S/C12H11BrF3N5/c13-7-1-4-10(9(5-7)12(14,15)16)21-11(18-19-20-21)6-17-8-2-3-8/h1,4-5,8,17H,2-3,6H2. The molecule has 0 amide bonds. The zero-order valence-electron chi connectivity index (χ0n) is 10.7. The van der Waals surface area contributed by atoms with E-state index in [1.165, 1.54) is 12.1 Å². The summed E-state index contributed by atoms with van der Waals surface area (Å²) in [4.78, 5) is 0. The van der Waals surface area contributed by atoms with Crippen LogP contribution in [0.25, 0.3) is 5.69 Å². The van der Waals surface area contributed by atoms with E-state index in [4.69, 9.17) is 0 Å². The van der Waals surface area contributed by atoms with E-state index >= 15 is 0 Å². The molecule has 1 aliphatic carbocycles. The van der Waals surface area contributed by atoms with Crippen LogP contribution in [0.5, 0.6) is 0 Å². The van der Waals surface area contributed by atoms with E-state index < -0.39 is 11.7 Å². The summed E-state index contributed by atoms with van der Waals surface area (Å²) >= 11 is 3.06. The first-order chi connectivity index (χ1) is 9.95. The van der Waals surface area contributed by atoms with Crippen molar-refractivity contribution in [3.05, 3.63) is 34.1 Å². The first kappa shape index (κ1) is 14.5. The summed E-state index contributed by atoms with van der Waals surface area (Å²) in [5, 5.41) is 14.2. The average Bonchev–Trinajstić information content (AvgIpc) is 3.13. The third kappa shape index (κ3) is 3.24. The van der Waals surface area contributed by atoms with Gasteiger partial charge in [0.2, 0.25) is 0 Å². The van der Waals surface area contributed by atoms with Gasteiger partial charge in [-0.25, -0.2) is 0 Å². The lowest BCUT2D eigenvalue weighted by molar-refractivity contribution is -0.137. The van der Waals surface area contributed by atoms with Gasteiger partial charge in [0, 0.05) is 10.5 Å². The number of rotatable bonds is 4. The van der Waals surface area contributed by atoms with Gasteiger partial charge in [0.05, 0.1) is 17.8 Å². The number of nitrogens with zero attached hydrogens (tertiary/aromatic N) is 4. The van der Waals surface area contributed by atoms with Crippen molar-refractivity contribution in [3.8, 4) is 5.69 Å². The van der Waals surface area contributed by atoms with E-state index in [1.807, 2.05) is 0 Å². The summed E-state index contributed by atoms with van der Waals surface area (Å²) in [6, 6.07) is 4.32. The lowest BCUT2D eigenvalue weighted by Crippen LogP contribution is -2.20. The second kappa shape index (κ2) is 5.38. The normalized spacial score (nSPS) is 15.4. The second-order valence-corrected chi connectivity index (χ2v) is 5.74. The lowest BCUT2D eigenvalue weighted by Gasteiger charge is -2.14. The highest BCUT2D eigenvalue weighted by Gasteiger charge is 2.35. The summed E-state index contributed by atoms with van der Waals surface area (Å²) in [7, 11) is 0. The van der Waals surface area contributed by atoms with Crippen molar-refractivity contribution in [1.29, 1.82) is 0 Å². The minimum absolute atomic E-state index is 0.0803. The molecule has 1 aromatic carbocycles. The molecule has 1 aliphatic rings. The summed E-state index contributed by atoms with van der Waals surface area (Å²) < 4.78 is 41.0. The van der Waals surface area contributed by atoms with Gasteiger partial charge in [0.15, 0.2) is 5.82 Å². The molecule has 0 spiro atoms. The molecular weight excluding hydrogens is 351 g/mol. The molecule has 21 heavy (non-hydrogen) atoms. The van der Waals surface area contributed by atoms with Crippen LogP contribution in [0.4, 0.5) is 13.2 Å². The monoisotopic (exact) mass is 361 g/mol. The number of tetrazole rings is 1. The third-order valence-electron chi connectivity index (χ3n) is 3.15. The van der Waals surface area contributed by atoms with Crippen molar-refractivity contribution in [2.45, 2.75) is 31.6 Å². The highest BCUT2D eigenvalue weighted by atomic mass is 79.9. The molecule has 1 heterocycles. The summed E-state index contributed by atoms with van der Waals surface area (Å²) in [6.45, 7) is 0.338. The van der Waals surface area contributed by atoms with Crippen LogP contribution in [-0.4, -0.2) is 26.2 Å². The average molecular weight is 362 g/mol. The van der Waals surface area contributed by atoms with E-state index in [0.29, 0.717) is 22.9 Å². The second-order valence-electron chi connectivity index (χ2n) is 4.82. The maximum atomic E-state index is 13.2. The van der Waals surface area contributed by atoms with Crippen LogP contribution in [0.1, 0.15) is 24.2 Å². The number of alkyl halides is 3. The number of nitrogens with one attached hydrogen (secondary N) is 1. The van der Waals surface area contributed by atoms with E-state index in [9.17, 15) is 13.2 Å². The molecule has 112 valence electrons. The van der Waals surface area contributed by atoms with Crippen LogP contribution in [0.3, 0.4) is 0 Å². The van der Waals surface area contributed by atoms with Crippen molar-refractivity contribution >= 4 is 15.9 Å². The summed E-state index contributed by atoms with van der Waals surface area (Å²) in [6.07, 6.45) is -2.33. The van der Waals surface area contributed by atoms with Crippen LogP contribution >= 0.6 is 15.9 Å². The van der Waals surface area contributed by atoms with Crippen molar-refractivity contribution in [3.63, 3.8) is 0 Å². The Hall–Kier alpha value is -1.48. The molecule has 5 nitrogen and oxygen atoms in total. The van der Waals surface area contributed by atoms with Gasteiger partial charge in [-0.3, -0.25) is 0 Å². The van der Waals surface area contributed by atoms with Crippen LogP contribution in [0, 0.1) is 0 Å². The topological polar surface area (TPSA) is 55.6 Å². The molecule has 9 heteroatoms. The first-order valence-corrected chi connectivity index (χ1v) is 7.12. The molecule has 0 atom stereocenters. The van der Waals surface area contributed by atoms with Gasteiger partial charge in [-0.15, -0.1) is 5.10 Å². The van der Waals surface area contributed by atoms with E-state index in [-0.39, 0.29) is 5.69 Å². The molecule has 1 N–H and O–H groups in total. The molecule has 0 radical (unpaired) electrons. The van der Waals surface area contributed by atoms with Crippen LogP contribution in [0.15, 0.2) is 22.7 Å². The highest BCUT2D eigenvalue weighted by molar-refractivity contribution is 9.10. The Labute approximate surface area is 126 Å². The predicted molar refractivity (Wildman–Crippen MR) is 71.7 cm³/mol. The van der Waals surface area contributed by atoms with Crippen LogP contribution < -0.4 is 5.32 Å². The first-order valence-electron chi connectivity index (χ1n) is 6.33. The Morgan fingerprint density at radius 2 is 2.10 bits per heavy atom. The molecule has 3 rings (SSSR count). The van der Waals surface area contributed by atoms with Crippen molar-refractivity contribution < 1.29 is 13.2 Å². The predicted octanol–water partition coefficient (Wildman–Crippen LogP) is 2.70. The number of halogens is 4. The Balaban J connectivity index is 1.98. The molecule has 1 fully saturated rings. The van der Waals surface area contributed by atoms with Crippen molar-refractivity contribution in [2.24, 2.45) is 0 Å². The maximum absolute atomic E-state index is 13.2. The van der Waals surface area contributed by atoms with Crippen molar-refractivity contribution in [1.82, 2.24) is 25.5 Å². The largest absolute Gasteiger partial charge is 0.418 e. The fraction of sp³-hybridized carbons (Fsp3) is 0.417. The van der Waals surface area contributed by atoms with Gasteiger partial charge in [0.1, 0.15) is 0 Å². The fourth-order valence-electron chi connectivity index (χ4n) is 1.95. The molecule has 0 unspecified atom stereocenters. The number of benzene rings is 1. The third-order valence-corrected chi connectivity index (χ3v) is 3.65. The number of aromatic nitrogens is 4. The maximum Gasteiger partial charge on any atom is 0.418 e. The molecule has 0 bridgehead atoms. The van der Waals surface area contributed by atoms with Gasteiger partial charge < -0.3 is 5.32 Å². The zero-order chi connectivity index (χ0) is 15.0. The lowest BCUT2D eigenvalue weighted by atomic mass is 10.1. The summed E-state index contributed by atoms with van der Waals surface area (Å²) in [5.41, 5.74) is -0.861. The van der Waals surface area contributed by atoms with Gasteiger partial charge in [-0.05, 0) is 41.5 Å². The number of hydrogen-bond acceptors (Lipinski definition) is 4. The van der Waals surface area contributed by atoms with Crippen molar-refractivity contribution in [2.75, 3.05) is 0 Å². The van der Waals surface area contributed by atoms with Gasteiger partial charge >= 0.3 is 6.18 Å². The highest BCUT2D eigenvalue weighted by Crippen LogP contribution is 2.35. The Morgan fingerprint density at radius 3 is 2.76 bits per heavy atom. The van der Waals surface area contributed by atoms with E-state index in [1.54, 1.807) is 0 Å². The molecule has 0 aliphatic heterocycles. The van der Waals surface area contributed by atoms with Gasteiger partial charge in [-0.2, -0.15) is 17.9 Å². The Kier molecular flexibility index (Phi) is 3.70. The molecular formula is C12H11BrF3N5. The van der Waals surface area contributed by atoms with E-state index in [2.05, 4.69) is 36.8 Å². The molecule has 0 saturated heterocycles. The molecule has 1 saturated carbocycles. The quantitative estimate of drug-likeness (QED) is 0.909. The van der Waals surface area contributed by atoms with Gasteiger partial charge in [-0.1, -0.05) is 15.9 Å². The minimum atomic E-state index is -4.48. The number of hydrogen-bond donors (Lipinski definition) is 1. The molecule has 2 aromatic rings. The van der Waals surface area contributed by atoms with Gasteiger partial charge in [0.25, 0.3) is 0 Å². The Morgan fingerprint density at radius 1 is 1.33 bits per heavy atom. The van der Waals surface area contributed by atoms with Crippen LogP contribution in [0.2, 0.25) is 0 Å². The fourth-order valence-corrected chi connectivity index (χ4v) is 2.31. The Bertz CT molecular complexity index is 651. The smallest absolute Gasteiger partial charge is 0.307 e. The molecule has 1 aromatic heterocycles. The van der Waals surface area contributed by atoms with E-state index in [0.717, 1.165) is 23.6 Å². The van der Waals surface area contributed by atoms with Crippen LogP contribution in [-0.2, 0) is 12.7 Å². The minimum Gasteiger partial charge on any atom is -0.307 e.